The van der Waals surface area contributed by atoms with E-state index in [0.29, 0.717) is 24.2 Å². The molecule has 0 aliphatic rings. The second-order valence-corrected chi connectivity index (χ2v) is 7.19. The van der Waals surface area contributed by atoms with Gasteiger partial charge < -0.3 is 9.72 Å². The minimum absolute atomic E-state index is 0.164. The highest BCUT2D eigenvalue weighted by atomic mass is 16.6. The summed E-state index contributed by atoms with van der Waals surface area (Å²) in [6.07, 6.45) is 2.00. The Bertz CT molecular complexity index is 1330. The molecule has 4 rings (SSSR count). The van der Waals surface area contributed by atoms with Crippen LogP contribution in [0.25, 0.3) is 11.0 Å². The lowest BCUT2D eigenvalue weighted by molar-refractivity contribution is -0.385. The third-order valence-electron chi connectivity index (χ3n) is 4.87. The quantitative estimate of drug-likeness (QED) is 0.240. The summed E-state index contributed by atoms with van der Waals surface area (Å²) >= 11 is 0. The Balaban J connectivity index is 1.45. The van der Waals surface area contributed by atoms with E-state index >= 15 is 0 Å². The number of hydrazone groups is 1. The average molecular weight is 443 g/mol. The van der Waals surface area contributed by atoms with Gasteiger partial charge in [-0.1, -0.05) is 30.3 Å². The molecular weight excluding hydrogens is 422 g/mol. The zero-order valence-electron chi connectivity index (χ0n) is 17.8. The van der Waals surface area contributed by atoms with E-state index in [1.54, 1.807) is 31.2 Å². The molecule has 0 fully saturated rings. The maximum atomic E-state index is 12.5. The first kappa shape index (κ1) is 21.7. The van der Waals surface area contributed by atoms with Gasteiger partial charge in [-0.2, -0.15) is 5.10 Å². The van der Waals surface area contributed by atoms with Gasteiger partial charge in [-0.3, -0.25) is 14.9 Å². The summed E-state index contributed by atoms with van der Waals surface area (Å²) in [6.45, 7) is 2.07. The number of hydrogen-bond acceptors (Lipinski definition) is 6. The first-order valence-electron chi connectivity index (χ1n) is 10.3. The van der Waals surface area contributed by atoms with Crippen molar-refractivity contribution in [3.05, 3.63) is 99.4 Å². The Morgan fingerprint density at radius 1 is 1.18 bits per heavy atom. The maximum Gasteiger partial charge on any atom is 0.311 e. The predicted octanol–water partition coefficient (Wildman–Crippen LogP) is 4.22. The number of imidazole rings is 1. The lowest BCUT2D eigenvalue weighted by Crippen LogP contribution is -2.17. The summed E-state index contributed by atoms with van der Waals surface area (Å²) in [7, 11) is 0. The van der Waals surface area contributed by atoms with Crippen molar-refractivity contribution in [2.24, 2.45) is 5.10 Å². The van der Waals surface area contributed by atoms with Crippen LogP contribution in [0.4, 0.5) is 5.69 Å². The highest BCUT2D eigenvalue weighted by Gasteiger charge is 2.15. The maximum absolute atomic E-state index is 12.5. The monoisotopic (exact) mass is 443 g/mol. The number of hydrogen-bond donors (Lipinski definition) is 2. The summed E-state index contributed by atoms with van der Waals surface area (Å²) in [5.41, 5.74) is 5.80. The van der Waals surface area contributed by atoms with Gasteiger partial charge in [0.2, 0.25) is 0 Å². The number of aromatic nitrogens is 2. The average Bonchev–Trinajstić information content (AvgIpc) is 3.22. The Kier molecular flexibility index (Phi) is 6.40. The molecule has 0 spiro atoms. The minimum atomic E-state index is -0.521. The van der Waals surface area contributed by atoms with Crippen molar-refractivity contribution < 1.29 is 14.5 Å². The second-order valence-electron chi connectivity index (χ2n) is 7.19. The number of rotatable bonds is 8. The molecule has 0 atom stereocenters. The topological polar surface area (TPSA) is 123 Å². The Morgan fingerprint density at radius 3 is 2.76 bits per heavy atom. The number of amides is 1. The molecule has 9 nitrogen and oxygen atoms in total. The van der Waals surface area contributed by atoms with Crippen molar-refractivity contribution in [2.75, 3.05) is 6.61 Å². The summed E-state index contributed by atoms with van der Waals surface area (Å²) in [5, 5.41) is 15.2. The van der Waals surface area contributed by atoms with E-state index < -0.39 is 10.8 Å². The van der Waals surface area contributed by atoms with Crippen molar-refractivity contribution in [1.29, 1.82) is 0 Å². The summed E-state index contributed by atoms with van der Waals surface area (Å²) in [5.74, 6) is 0.583. The van der Waals surface area contributed by atoms with E-state index in [0.717, 1.165) is 22.4 Å². The molecule has 0 bridgehead atoms. The number of nitro groups is 1. The number of nitrogens with zero attached hydrogens (tertiary/aromatic N) is 3. The van der Waals surface area contributed by atoms with Crippen LogP contribution in [0.15, 0.2) is 71.8 Å². The zero-order chi connectivity index (χ0) is 23.2. The molecule has 2 N–H and O–H groups in total. The minimum Gasteiger partial charge on any atom is -0.487 e. The molecule has 3 aromatic carbocycles. The number of nitro benzene ring substituents is 1. The normalized spacial score (nSPS) is 11.1. The van der Waals surface area contributed by atoms with Crippen LogP contribution in [0, 0.1) is 10.1 Å². The molecule has 166 valence electrons. The molecule has 1 amide bonds. The molecule has 0 aliphatic carbocycles. The standard InChI is InChI=1S/C24H21N5O4/c1-2-33-22-11-8-17(12-21(22)29(31)32)15-25-28-24(30)18-9-10-19-20(14-18)27-23(26-19)13-16-6-4-3-5-7-16/h3-12,14-15H,2,13H2,1H3,(H,26,27)(H,28,30)/b25-15-. The van der Waals surface area contributed by atoms with Gasteiger partial charge in [0.1, 0.15) is 5.82 Å². The van der Waals surface area contributed by atoms with Crippen LogP contribution < -0.4 is 10.2 Å². The van der Waals surface area contributed by atoms with Crippen LogP contribution >= 0.6 is 0 Å². The molecule has 0 saturated carbocycles. The van der Waals surface area contributed by atoms with E-state index in [1.807, 2.05) is 30.3 Å². The fourth-order valence-electron chi connectivity index (χ4n) is 3.34. The Morgan fingerprint density at radius 2 is 2.00 bits per heavy atom. The van der Waals surface area contributed by atoms with Crippen LogP contribution in [-0.2, 0) is 6.42 Å². The van der Waals surface area contributed by atoms with Gasteiger partial charge in [0.15, 0.2) is 5.75 Å². The van der Waals surface area contributed by atoms with Gasteiger partial charge in [-0.05, 0) is 42.8 Å². The van der Waals surface area contributed by atoms with Crippen LogP contribution in [0.5, 0.6) is 5.75 Å². The number of benzene rings is 3. The van der Waals surface area contributed by atoms with Gasteiger partial charge in [0.05, 0.1) is 28.8 Å². The van der Waals surface area contributed by atoms with Crippen LogP contribution in [-0.4, -0.2) is 33.6 Å². The molecule has 9 heteroatoms. The first-order valence-corrected chi connectivity index (χ1v) is 10.3. The Labute approximate surface area is 189 Å². The second kappa shape index (κ2) is 9.73. The van der Waals surface area contributed by atoms with E-state index in [-0.39, 0.29) is 11.4 Å². The zero-order valence-corrected chi connectivity index (χ0v) is 17.8. The number of fused-ring (bicyclic) bond motifs is 1. The third-order valence-corrected chi connectivity index (χ3v) is 4.87. The third kappa shape index (κ3) is 5.21. The van der Waals surface area contributed by atoms with Gasteiger partial charge in [0.25, 0.3) is 5.91 Å². The summed E-state index contributed by atoms with van der Waals surface area (Å²) in [4.78, 5) is 31.0. The van der Waals surface area contributed by atoms with Crippen molar-refractivity contribution in [3.8, 4) is 5.75 Å². The molecule has 0 radical (unpaired) electrons. The van der Waals surface area contributed by atoms with Crippen LogP contribution in [0.2, 0.25) is 0 Å². The van der Waals surface area contributed by atoms with Crippen LogP contribution in [0.1, 0.15) is 34.2 Å². The number of carbonyl (C=O) groups is 1. The van der Waals surface area contributed by atoms with Crippen molar-refractivity contribution in [1.82, 2.24) is 15.4 Å². The van der Waals surface area contributed by atoms with Gasteiger partial charge in [0, 0.05) is 23.6 Å². The smallest absolute Gasteiger partial charge is 0.311 e. The van der Waals surface area contributed by atoms with Gasteiger partial charge >= 0.3 is 5.69 Å². The molecule has 33 heavy (non-hydrogen) atoms. The fraction of sp³-hybridized carbons (Fsp3) is 0.125. The molecule has 0 saturated heterocycles. The molecule has 1 aromatic heterocycles. The molecular formula is C24H21N5O4. The lowest BCUT2D eigenvalue weighted by atomic mass is 10.1. The number of carbonyl (C=O) groups excluding carboxylic acids is 1. The first-order chi connectivity index (χ1) is 16.0. The SMILES string of the molecule is CCOc1ccc(/C=N\NC(=O)c2ccc3nc(Cc4ccccc4)[nH]c3c2)cc1[N+](=O)[O-]. The molecule has 0 aliphatic heterocycles. The highest BCUT2D eigenvalue weighted by Crippen LogP contribution is 2.27. The number of ether oxygens (including phenoxy) is 1. The number of H-pyrrole nitrogens is 1. The van der Waals surface area contributed by atoms with Crippen molar-refractivity contribution in [2.45, 2.75) is 13.3 Å². The number of aromatic amines is 1. The van der Waals surface area contributed by atoms with Gasteiger partial charge in [-0.15, -0.1) is 0 Å². The van der Waals surface area contributed by atoms with Crippen molar-refractivity contribution in [3.63, 3.8) is 0 Å². The van der Waals surface area contributed by atoms with Gasteiger partial charge in [-0.25, -0.2) is 10.4 Å². The lowest BCUT2D eigenvalue weighted by Gasteiger charge is -2.04. The summed E-state index contributed by atoms with van der Waals surface area (Å²) < 4.78 is 5.26. The molecule has 0 unspecified atom stereocenters. The highest BCUT2D eigenvalue weighted by molar-refractivity contribution is 5.97. The largest absolute Gasteiger partial charge is 0.487 e. The fourth-order valence-corrected chi connectivity index (χ4v) is 3.34. The molecule has 1 heterocycles. The van der Waals surface area contributed by atoms with E-state index in [2.05, 4.69) is 20.5 Å². The number of nitrogens with one attached hydrogen (secondary N) is 2. The summed E-state index contributed by atoms with van der Waals surface area (Å²) in [6, 6.07) is 19.6. The predicted molar refractivity (Wildman–Crippen MR) is 125 cm³/mol. The van der Waals surface area contributed by atoms with E-state index in [1.165, 1.54) is 18.3 Å². The van der Waals surface area contributed by atoms with E-state index in [9.17, 15) is 14.9 Å². The molecule has 4 aromatic rings. The van der Waals surface area contributed by atoms with Crippen LogP contribution in [0.3, 0.4) is 0 Å². The van der Waals surface area contributed by atoms with Crippen molar-refractivity contribution >= 4 is 28.8 Å². The Hall–Kier alpha value is -4.53. The van der Waals surface area contributed by atoms with E-state index in [4.69, 9.17) is 4.74 Å².